The molecule has 32 heavy (non-hydrogen) atoms. The number of carbonyl (C=O) groups excluding carboxylic acids is 1. The lowest BCUT2D eigenvalue weighted by Gasteiger charge is -2.29. The molecule has 1 amide bonds. The van der Waals surface area contributed by atoms with Gasteiger partial charge in [0, 0.05) is 23.2 Å². The van der Waals surface area contributed by atoms with E-state index in [0.717, 1.165) is 21.5 Å². The minimum atomic E-state index is -0.534. The monoisotopic (exact) mass is 429 g/mol. The zero-order chi connectivity index (χ0) is 23.0. The second-order valence-corrected chi connectivity index (χ2v) is 8.46. The first kappa shape index (κ1) is 21.5. The number of nitrogens with zero attached hydrogens (tertiary/aromatic N) is 1. The Kier molecular flexibility index (Phi) is 5.66. The van der Waals surface area contributed by atoms with Crippen LogP contribution in [0.3, 0.4) is 0 Å². The first-order chi connectivity index (χ1) is 15.3. The van der Waals surface area contributed by atoms with Gasteiger partial charge in [0.15, 0.2) is 11.5 Å². The molecule has 0 unspecified atom stereocenters. The number of phenolic OH excluding ortho intramolecular Hbond substituents is 2. The van der Waals surface area contributed by atoms with E-state index in [2.05, 4.69) is 0 Å². The zero-order valence-electron chi connectivity index (χ0n) is 18.7. The smallest absolute Gasteiger partial charge is 0.415 e. The molecule has 164 valence electrons. The normalized spacial score (nSPS) is 11.4. The topological polar surface area (TPSA) is 70.0 Å². The van der Waals surface area contributed by atoms with Crippen LogP contribution in [0.25, 0.3) is 32.7 Å². The summed E-state index contributed by atoms with van der Waals surface area (Å²) in [5.41, 5.74) is 0.931. The molecule has 0 aliphatic rings. The predicted molar refractivity (Wildman–Crippen MR) is 128 cm³/mol. The van der Waals surface area contributed by atoms with E-state index in [1.165, 1.54) is 0 Å². The number of carbonyl (C=O) groups is 1. The number of ether oxygens (including phenoxy) is 1. The number of benzene rings is 4. The van der Waals surface area contributed by atoms with E-state index in [0.29, 0.717) is 11.1 Å². The number of hydrogen-bond acceptors (Lipinski definition) is 4. The van der Waals surface area contributed by atoms with Gasteiger partial charge < -0.3 is 19.8 Å². The van der Waals surface area contributed by atoms with Gasteiger partial charge in [0.05, 0.1) is 0 Å². The number of fused-ring (bicyclic) bond motifs is 2. The summed E-state index contributed by atoms with van der Waals surface area (Å²) in [5.74, 6) is -0.0860. The Bertz CT molecular complexity index is 1300. The third-order valence-corrected chi connectivity index (χ3v) is 5.66. The van der Waals surface area contributed by atoms with Gasteiger partial charge in [-0.15, -0.1) is 0 Å². The Labute approximate surface area is 187 Å². The fraction of sp³-hybridized carbons (Fsp3) is 0.222. The van der Waals surface area contributed by atoms with Gasteiger partial charge in [0.1, 0.15) is 5.75 Å². The number of hydrogen-bond donors (Lipinski definition) is 2. The van der Waals surface area contributed by atoms with Crippen LogP contribution in [0.15, 0.2) is 66.7 Å². The fourth-order valence-electron chi connectivity index (χ4n) is 4.33. The molecule has 4 aromatic rings. The van der Waals surface area contributed by atoms with Crippen LogP contribution in [0.2, 0.25) is 0 Å². The van der Waals surface area contributed by atoms with E-state index in [1.54, 1.807) is 17.0 Å². The molecule has 5 nitrogen and oxygen atoms in total. The Hall–Kier alpha value is -3.73. The molecule has 0 radical (unpaired) electrons. The van der Waals surface area contributed by atoms with Crippen molar-refractivity contribution in [3.8, 4) is 28.4 Å². The van der Waals surface area contributed by atoms with Crippen LogP contribution >= 0.6 is 0 Å². The molecule has 0 aromatic heterocycles. The first-order valence-electron chi connectivity index (χ1n) is 10.8. The predicted octanol–water partition coefficient (Wildman–Crippen LogP) is 6.69. The fourth-order valence-corrected chi connectivity index (χ4v) is 4.33. The largest absolute Gasteiger partial charge is 0.507 e. The minimum Gasteiger partial charge on any atom is -0.507 e. The van der Waals surface area contributed by atoms with Crippen molar-refractivity contribution in [3.05, 3.63) is 66.7 Å². The standard InChI is InChI=1S/C27H27NO4/c1-16(2)28(17(3)4)27(31)32-23-15-19-10-6-8-12-21(19)25(26(23)30)24-20-11-7-5-9-18(20)13-14-22(24)29/h5-17,29-30H,1-4H3. The van der Waals surface area contributed by atoms with Crippen molar-refractivity contribution in [2.75, 3.05) is 0 Å². The van der Waals surface area contributed by atoms with Gasteiger partial charge in [0.2, 0.25) is 0 Å². The van der Waals surface area contributed by atoms with Gasteiger partial charge in [-0.3, -0.25) is 0 Å². The number of amides is 1. The van der Waals surface area contributed by atoms with E-state index < -0.39 is 6.09 Å². The summed E-state index contributed by atoms with van der Waals surface area (Å²) in [7, 11) is 0. The van der Waals surface area contributed by atoms with E-state index in [-0.39, 0.29) is 29.3 Å². The van der Waals surface area contributed by atoms with Crippen molar-refractivity contribution in [3.63, 3.8) is 0 Å². The molecule has 0 aliphatic heterocycles. The third kappa shape index (κ3) is 3.71. The van der Waals surface area contributed by atoms with Gasteiger partial charge in [-0.25, -0.2) is 4.79 Å². The zero-order valence-corrected chi connectivity index (χ0v) is 18.7. The quantitative estimate of drug-likeness (QED) is 0.379. The van der Waals surface area contributed by atoms with Crippen molar-refractivity contribution in [1.29, 1.82) is 0 Å². The molecule has 0 atom stereocenters. The summed E-state index contributed by atoms with van der Waals surface area (Å²) in [5, 5.41) is 25.4. The maximum absolute atomic E-state index is 13.0. The lowest BCUT2D eigenvalue weighted by Crippen LogP contribution is -2.43. The lowest BCUT2D eigenvalue weighted by molar-refractivity contribution is 0.121. The number of aromatic hydroxyl groups is 2. The third-order valence-electron chi connectivity index (χ3n) is 5.66. The maximum atomic E-state index is 13.0. The molecule has 4 aromatic carbocycles. The van der Waals surface area contributed by atoms with Crippen molar-refractivity contribution in [2.24, 2.45) is 0 Å². The summed E-state index contributed by atoms with van der Waals surface area (Å²) < 4.78 is 5.71. The molecule has 0 saturated heterocycles. The molecule has 0 saturated carbocycles. The maximum Gasteiger partial charge on any atom is 0.415 e. The highest BCUT2D eigenvalue weighted by molar-refractivity contribution is 6.10. The van der Waals surface area contributed by atoms with Crippen LogP contribution in [0.1, 0.15) is 27.7 Å². The second-order valence-electron chi connectivity index (χ2n) is 8.46. The highest BCUT2D eigenvalue weighted by atomic mass is 16.6. The average Bonchev–Trinajstić information content (AvgIpc) is 2.74. The van der Waals surface area contributed by atoms with Crippen LogP contribution in [-0.4, -0.2) is 33.3 Å². The molecule has 0 spiro atoms. The van der Waals surface area contributed by atoms with Crippen molar-refractivity contribution < 1.29 is 19.7 Å². The van der Waals surface area contributed by atoms with Gasteiger partial charge in [0.25, 0.3) is 0 Å². The second kappa shape index (κ2) is 8.42. The Morgan fingerprint density at radius 3 is 1.97 bits per heavy atom. The Balaban J connectivity index is 1.97. The van der Waals surface area contributed by atoms with Gasteiger partial charge in [-0.1, -0.05) is 54.6 Å². The summed E-state index contributed by atoms with van der Waals surface area (Å²) in [4.78, 5) is 14.6. The van der Waals surface area contributed by atoms with Gasteiger partial charge in [-0.05, 0) is 61.4 Å². The van der Waals surface area contributed by atoms with E-state index in [9.17, 15) is 15.0 Å². The van der Waals surface area contributed by atoms with E-state index in [4.69, 9.17) is 4.74 Å². The van der Waals surface area contributed by atoms with Crippen molar-refractivity contribution in [2.45, 2.75) is 39.8 Å². The van der Waals surface area contributed by atoms with Crippen molar-refractivity contribution in [1.82, 2.24) is 4.90 Å². The molecule has 0 heterocycles. The molecule has 0 fully saturated rings. The molecular formula is C27H27NO4. The summed E-state index contributed by atoms with van der Waals surface area (Å²) >= 11 is 0. The van der Waals surface area contributed by atoms with Crippen LogP contribution in [0.5, 0.6) is 17.2 Å². The number of rotatable bonds is 4. The highest BCUT2D eigenvalue weighted by Crippen LogP contribution is 2.48. The van der Waals surface area contributed by atoms with Gasteiger partial charge in [-0.2, -0.15) is 0 Å². The average molecular weight is 430 g/mol. The Morgan fingerprint density at radius 1 is 0.781 bits per heavy atom. The molecule has 2 N–H and O–H groups in total. The molecular weight excluding hydrogens is 402 g/mol. The van der Waals surface area contributed by atoms with Crippen LogP contribution < -0.4 is 4.74 Å². The van der Waals surface area contributed by atoms with Gasteiger partial charge >= 0.3 is 6.09 Å². The highest BCUT2D eigenvalue weighted by Gasteiger charge is 2.26. The van der Waals surface area contributed by atoms with Crippen LogP contribution in [0.4, 0.5) is 4.79 Å². The lowest BCUT2D eigenvalue weighted by atomic mass is 9.92. The van der Waals surface area contributed by atoms with E-state index >= 15 is 0 Å². The van der Waals surface area contributed by atoms with Crippen molar-refractivity contribution >= 4 is 27.6 Å². The summed E-state index contributed by atoms with van der Waals surface area (Å²) in [6.45, 7) is 7.67. The molecule has 0 bridgehead atoms. The Morgan fingerprint density at radius 2 is 1.34 bits per heavy atom. The SMILES string of the molecule is CC(C)N(C(=O)Oc1cc2ccccc2c(-c2c(O)ccc3ccccc23)c1O)C(C)C. The summed E-state index contributed by atoms with van der Waals surface area (Å²) in [6.07, 6.45) is -0.534. The number of phenols is 2. The molecule has 4 rings (SSSR count). The van der Waals surface area contributed by atoms with E-state index in [1.807, 2.05) is 82.3 Å². The van der Waals surface area contributed by atoms with Crippen LogP contribution in [-0.2, 0) is 0 Å². The molecule has 0 aliphatic carbocycles. The molecule has 5 heteroatoms. The first-order valence-corrected chi connectivity index (χ1v) is 10.8. The minimum absolute atomic E-state index is 0.0404. The summed E-state index contributed by atoms with van der Waals surface area (Å²) in [6, 6.07) is 20.2. The van der Waals surface area contributed by atoms with Crippen LogP contribution in [0, 0.1) is 0 Å².